The highest BCUT2D eigenvalue weighted by Gasteiger charge is 2.37. The minimum atomic E-state index is 0.0423. The molecule has 0 radical (unpaired) electrons. The van der Waals surface area contributed by atoms with E-state index in [4.69, 9.17) is 0 Å². The topological polar surface area (TPSA) is 71.0 Å². The van der Waals surface area contributed by atoms with Gasteiger partial charge in [-0.3, -0.25) is 9.78 Å². The van der Waals surface area contributed by atoms with E-state index in [1.165, 1.54) is 5.56 Å². The van der Waals surface area contributed by atoms with Gasteiger partial charge >= 0.3 is 0 Å². The van der Waals surface area contributed by atoms with Crippen molar-refractivity contribution < 1.29 is 4.79 Å². The van der Waals surface area contributed by atoms with Crippen molar-refractivity contribution in [3.05, 3.63) is 47.5 Å². The molecule has 0 aromatic carbocycles. The third kappa shape index (κ3) is 3.40. The van der Waals surface area contributed by atoms with Gasteiger partial charge in [-0.1, -0.05) is 19.9 Å². The molecule has 1 fully saturated rings. The lowest BCUT2D eigenvalue weighted by atomic mass is 9.82. The summed E-state index contributed by atoms with van der Waals surface area (Å²) in [5.41, 5.74) is 3.21. The predicted octanol–water partition coefficient (Wildman–Crippen LogP) is 3.62. The summed E-state index contributed by atoms with van der Waals surface area (Å²) in [6, 6.07) is 4.25. The van der Waals surface area contributed by atoms with Gasteiger partial charge in [0.1, 0.15) is 0 Å². The van der Waals surface area contributed by atoms with E-state index in [-0.39, 0.29) is 17.4 Å². The molecule has 1 aliphatic carbocycles. The molecule has 2 aromatic heterocycles. The summed E-state index contributed by atoms with van der Waals surface area (Å²) >= 11 is 0. The van der Waals surface area contributed by atoms with Gasteiger partial charge in [-0.05, 0) is 49.1 Å². The third-order valence-corrected chi connectivity index (χ3v) is 6.40. The van der Waals surface area contributed by atoms with Gasteiger partial charge in [-0.2, -0.15) is 0 Å². The number of nitrogens with one attached hydrogen (secondary N) is 1. The largest absolute Gasteiger partial charge is 0.347 e. The molecular weight excluding hydrogens is 338 g/mol. The number of anilines is 1. The summed E-state index contributed by atoms with van der Waals surface area (Å²) in [7, 11) is 0. The summed E-state index contributed by atoms with van der Waals surface area (Å²) in [5, 5.41) is 3.38. The third-order valence-electron chi connectivity index (χ3n) is 6.40. The number of pyridine rings is 1. The number of hydrogen-bond donors (Lipinski definition) is 1. The summed E-state index contributed by atoms with van der Waals surface area (Å²) < 4.78 is 0. The molecule has 4 rings (SSSR count). The van der Waals surface area contributed by atoms with Crippen LogP contribution in [0.5, 0.6) is 0 Å². The number of carbonyl (C=O) groups is 1. The standard InChI is InChI=1S/C21H27N5O/c1-3-21(4-2)9-11-26(14-21)19(27)15-12-23-20(24-13-15)25-18-8-7-17-16(18)6-5-10-22-17/h5-6,10,12-13,18H,3-4,7-9,11,14H2,1-2H3,(H,23,24,25). The molecule has 1 unspecified atom stereocenters. The molecule has 0 bridgehead atoms. The van der Waals surface area contributed by atoms with Crippen molar-refractivity contribution in [1.82, 2.24) is 19.9 Å². The summed E-state index contributed by atoms with van der Waals surface area (Å²) in [4.78, 5) is 28.0. The second kappa shape index (κ2) is 7.25. The van der Waals surface area contributed by atoms with E-state index in [9.17, 15) is 4.79 Å². The second-order valence-electron chi connectivity index (χ2n) is 7.75. The highest BCUT2D eigenvalue weighted by Crippen LogP contribution is 2.37. The van der Waals surface area contributed by atoms with E-state index in [0.29, 0.717) is 11.5 Å². The molecule has 1 amide bonds. The Balaban J connectivity index is 1.42. The maximum Gasteiger partial charge on any atom is 0.257 e. The molecule has 1 atom stereocenters. The number of amides is 1. The number of carbonyl (C=O) groups excluding carboxylic acids is 1. The van der Waals surface area contributed by atoms with Gasteiger partial charge in [0.25, 0.3) is 5.91 Å². The maximum absolute atomic E-state index is 12.8. The molecule has 1 N–H and O–H groups in total. The Bertz CT molecular complexity index is 816. The van der Waals surface area contributed by atoms with Gasteiger partial charge in [0, 0.05) is 37.4 Å². The quantitative estimate of drug-likeness (QED) is 0.876. The highest BCUT2D eigenvalue weighted by molar-refractivity contribution is 5.94. The molecule has 27 heavy (non-hydrogen) atoms. The first-order chi connectivity index (χ1) is 13.1. The number of likely N-dealkylation sites (tertiary alicyclic amines) is 1. The van der Waals surface area contributed by atoms with Crippen LogP contribution in [0.1, 0.15) is 67.2 Å². The van der Waals surface area contributed by atoms with Crippen LogP contribution in [0.25, 0.3) is 0 Å². The van der Waals surface area contributed by atoms with Gasteiger partial charge in [0.05, 0.1) is 11.6 Å². The van der Waals surface area contributed by atoms with Crippen molar-refractivity contribution >= 4 is 11.9 Å². The van der Waals surface area contributed by atoms with Crippen molar-refractivity contribution in [2.75, 3.05) is 18.4 Å². The highest BCUT2D eigenvalue weighted by atomic mass is 16.2. The maximum atomic E-state index is 12.8. The zero-order chi connectivity index (χ0) is 18.9. The predicted molar refractivity (Wildman–Crippen MR) is 104 cm³/mol. The minimum absolute atomic E-state index is 0.0423. The van der Waals surface area contributed by atoms with Crippen molar-refractivity contribution in [2.45, 2.75) is 52.0 Å². The van der Waals surface area contributed by atoms with Gasteiger partial charge < -0.3 is 10.2 Å². The Hall–Kier alpha value is -2.50. The van der Waals surface area contributed by atoms with Crippen LogP contribution in [-0.4, -0.2) is 38.8 Å². The van der Waals surface area contributed by atoms with Crippen LogP contribution in [0.15, 0.2) is 30.7 Å². The van der Waals surface area contributed by atoms with Gasteiger partial charge in [-0.15, -0.1) is 0 Å². The fourth-order valence-electron chi connectivity index (χ4n) is 4.35. The Labute approximate surface area is 160 Å². The lowest BCUT2D eigenvalue weighted by Crippen LogP contribution is -2.32. The monoisotopic (exact) mass is 365 g/mol. The van der Waals surface area contributed by atoms with Gasteiger partial charge in [-0.25, -0.2) is 9.97 Å². The van der Waals surface area contributed by atoms with Crippen molar-refractivity contribution in [3.63, 3.8) is 0 Å². The summed E-state index contributed by atoms with van der Waals surface area (Å²) in [6.45, 7) is 6.10. The first kappa shape index (κ1) is 17.9. The average Bonchev–Trinajstić information content (AvgIpc) is 3.33. The fourth-order valence-corrected chi connectivity index (χ4v) is 4.35. The molecule has 0 spiro atoms. The first-order valence-corrected chi connectivity index (χ1v) is 9.96. The van der Waals surface area contributed by atoms with Crippen molar-refractivity contribution in [3.8, 4) is 0 Å². The summed E-state index contributed by atoms with van der Waals surface area (Å²) in [5.74, 6) is 0.604. The van der Waals surface area contributed by atoms with Crippen LogP contribution in [0, 0.1) is 5.41 Å². The zero-order valence-corrected chi connectivity index (χ0v) is 16.1. The Morgan fingerprint density at radius 3 is 2.74 bits per heavy atom. The molecular formula is C21H27N5O. The molecule has 6 heteroatoms. The van der Waals surface area contributed by atoms with Crippen LogP contribution in [0.2, 0.25) is 0 Å². The van der Waals surface area contributed by atoms with Gasteiger partial charge in [0.2, 0.25) is 5.95 Å². The minimum Gasteiger partial charge on any atom is -0.347 e. The van der Waals surface area contributed by atoms with Crippen molar-refractivity contribution in [2.24, 2.45) is 5.41 Å². The number of rotatable bonds is 5. The number of hydrogen-bond acceptors (Lipinski definition) is 5. The molecule has 1 saturated heterocycles. The van der Waals surface area contributed by atoms with Gasteiger partial charge in [0.15, 0.2) is 0 Å². The molecule has 1 aliphatic heterocycles. The summed E-state index contributed by atoms with van der Waals surface area (Å²) in [6.07, 6.45) is 10.4. The molecule has 0 saturated carbocycles. The number of nitrogens with zero attached hydrogens (tertiary/aromatic N) is 4. The Morgan fingerprint density at radius 1 is 1.26 bits per heavy atom. The first-order valence-electron chi connectivity index (χ1n) is 9.96. The molecule has 2 aliphatic rings. The number of aromatic nitrogens is 3. The SMILES string of the molecule is CCC1(CC)CCN(C(=O)c2cnc(NC3CCc4ncccc43)nc2)C1. The molecule has 2 aromatic rings. The normalized spacial score (nSPS) is 20.5. The van der Waals surface area contributed by atoms with E-state index in [1.54, 1.807) is 12.4 Å². The number of fused-ring (bicyclic) bond motifs is 1. The number of aryl methyl sites for hydroxylation is 1. The fraction of sp³-hybridized carbons (Fsp3) is 0.524. The van der Waals surface area contributed by atoms with E-state index in [0.717, 1.165) is 50.9 Å². The lowest BCUT2D eigenvalue weighted by Gasteiger charge is -2.26. The Kier molecular flexibility index (Phi) is 4.81. The zero-order valence-electron chi connectivity index (χ0n) is 16.1. The van der Waals surface area contributed by atoms with Crippen LogP contribution in [0.4, 0.5) is 5.95 Å². The van der Waals surface area contributed by atoms with Crippen LogP contribution in [0.3, 0.4) is 0 Å². The lowest BCUT2D eigenvalue weighted by molar-refractivity contribution is 0.0769. The Morgan fingerprint density at radius 2 is 2.04 bits per heavy atom. The van der Waals surface area contributed by atoms with Crippen LogP contribution < -0.4 is 5.32 Å². The van der Waals surface area contributed by atoms with Crippen molar-refractivity contribution in [1.29, 1.82) is 0 Å². The van der Waals surface area contributed by atoms with E-state index in [1.807, 2.05) is 17.2 Å². The smallest absolute Gasteiger partial charge is 0.257 e. The van der Waals surface area contributed by atoms with Crippen LogP contribution in [-0.2, 0) is 6.42 Å². The molecule has 142 valence electrons. The van der Waals surface area contributed by atoms with E-state index in [2.05, 4.69) is 40.2 Å². The van der Waals surface area contributed by atoms with E-state index < -0.39 is 0 Å². The average molecular weight is 365 g/mol. The van der Waals surface area contributed by atoms with E-state index >= 15 is 0 Å². The molecule has 6 nitrogen and oxygen atoms in total. The van der Waals surface area contributed by atoms with Crippen LogP contribution >= 0.6 is 0 Å². The second-order valence-corrected chi connectivity index (χ2v) is 7.75. The molecule has 3 heterocycles.